The van der Waals surface area contributed by atoms with Gasteiger partial charge in [-0.3, -0.25) is 0 Å². The normalized spacial score (nSPS) is 9.31. The molecule has 0 atom stereocenters. The van der Waals surface area contributed by atoms with Crippen molar-refractivity contribution in [3.63, 3.8) is 0 Å². The maximum absolute atomic E-state index is 5.71. The van der Waals surface area contributed by atoms with Crippen LogP contribution >= 0.6 is 12.4 Å². The first-order chi connectivity index (χ1) is 7.25. The van der Waals surface area contributed by atoms with E-state index in [9.17, 15) is 0 Å². The van der Waals surface area contributed by atoms with Crippen molar-refractivity contribution in [1.82, 2.24) is 0 Å². The van der Waals surface area contributed by atoms with E-state index in [1.54, 1.807) is 0 Å². The van der Waals surface area contributed by atoms with Gasteiger partial charge in [0.15, 0.2) is 0 Å². The lowest BCUT2D eigenvalue weighted by atomic mass is 10.2. The fourth-order valence-electron chi connectivity index (χ4n) is 1.40. The standard InChI is InChI=1S/C13H13NO.ClH/c1-10-9-11(14)7-8-13(10)15-12-5-3-2-4-6-12;/h2-9H,14H2,1H3;1H. The van der Waals surface area contributed by atoms with E-state index in [4.69, 9.17) is 10.5 Å². The molecule has 0 saturated carbocycles. The van der Waals surface area contributed by atoms with Crippen LogP contribution < -0.4 is 10.5 Å². The number of halogens is 1. The second kappa shape index (κ2) is 5.42. The van der Waals surface area contributed by atoms with Crippen LogP contribution in [0.25, 0.3) is 0 Å². The van der Waals surface area contributed by atoms with Gasteiger partial charge in [0.25, 0.3) is 0 Å². The molecule has 0 heterocycles. The smallest absolute Gasteiger partial charge is 0.130 e. The van der Waals surface area contributed by atoms with Crippen LogP contribution in [-0.4, -0.2) is 0 Å². The molecule has 84 valence electrons. The number of hydrogen-bond donors (Lipinski definition) is 1. The molecule has 0 aliphatic heterocycles. The Morgan fingerprint density at radius 1 is 1.00 bits per heavy atom. The number of ether oxygens (including phenoxy) is 1. The van der Waals surface area contributed by atoms with Crippen molar-refractivity contribution in [3.05, 3.63) is 54.1 Å². The van der Waals surface area contributed by atoms with Gasteiger partial charge in [0.2, 0.25) is 0 Å². The van der Waals surface area contributed by atoms with Crippen LogP contribution in [0.15, 0.2) is 48.5 Å². The molecule has 2 aromatic rings. The highest BCUT2D eigenvalue weighted by Gasteiger charge is 2.00. The summed E-state index contributed by atoms with van der Waals surface area (Å²) < 4.78 is 5.71. The molecule has 0 aliphatic rings. The Morgan fingerprint density at radius 2 is 1.69 bits per heavy atom. The summed E-state index contributed by atoms with van der Waals surface area (Å²) in [6, 6.07) is 15.3. The second-order valence-electron chi connectivity index (χ2n) is 3.44. The third-order valence-corrected chi connectivity index (χ3v) is 2.17. The molecule has 0 spiro atoms. The third kappa shape index (κ3) is 2.91. The van der Waals surface area contributed by atoms with Gasteiger partial charge in [-0.25, -0.2) is 0 Å². The van der Waals surface area contributed by atoms with Crippen molar-refractivity contribution in [1.29, 1.82) is 0 Å². The van der Waals surface area contributed by atoms with E-state index in [1.807, 2.05) is 55.5 Å². The first kappa shape index (κ1) is 12.4. The second-order valence-corrected chi connectivity index (χ2v) is 3.44. The zero-order valence-corrected chi connectivity index (χ0v) is 9.83. The van der Waals surface area contributed by atoms with Crippen LogP contribution in [0.2, 0.25) is 0 Å². The van der Waals surface area contributed by atoms with Crippen LogP contribution in [0.5, 0.6) is 11.5 Å². The summed E-state index contributed by atoms with van der Waals surface area (Å²) >= 11 is 0. The Kier molecular flexibility index (Phi) is 4.20. The Hall–Kier alpha value is -1.67. The summed E-state index contributed by atoms with van der Waals surface area (Å²) in [6.45, 7) is 1.98. The summed E-state index contributed by atoms with van der Waals surface area (Å²) in [5.41, 5.74) is 7.46. The first-order valence-electron chi connectivity index (χ1n) is 4.85. The van der Waals surface area contributed by atoms with Crippen molar-refractivity contribution >= 4 is 18.1 Å². The maximum atomic E-state index is 5.71. The van der Waals surface area contributed by atoms with E-state index in [-0.39, 0.29) is 12.4 Å². The molecule has 16 heavy (non-hydrogen) atoms. The number of nitrogens with two attached hydrogens (primary N) is 1. The minimum absolute atomic E-state index is 0. The molecule has 3 heteroatoms. The Labute approximate surface area is 101 Å². The summed E-state index contributed by atoms with van der Waals surface area (Å²) in [4.78, 5) is 0. The highest BCUT2D eigenvalue weighted by atomic mass is 35.5. The summed E-state index contributed by atoms with van der Waals surface area (Å²) in [6.07, 6.45) is 0. The Bertz CT molecular complexity index is 457. The molecule has 2 nitrogen and oxygen atoms in total. The Balaban J connectivity index is 0.00000128. The number of benzene rings is 2. The largest absolute Gasteiger partial charge is 0.457 e. The van der Waals surface area contributed by atoms with Gasteiger partial charge in [0.05, 0.1) is 0 Å². The number of hydrogen-bond acceptors (Lipinski definition) is 2. The van der Waals surface area contributed by atoms with Gasteiger partial charge in [0.1, 0.15) is 11.5 Å². The fraction of sp³-hybridized carbons (Fsp3) is 0.0769. The SMILES string of the molecule is Cc1cc(N)ccc1Oc1ccccc1.Cl. The van der Waals surface area contributed by atoms with Crippen LogP contribution in [0.1, 0.15) is 5.56 Å². The van der Waals surface area contributed by atoms with Crippen LogP contribution in [0.3, 0.4) is 0 Å². The van der Waals surface area contributed by atoms with Gasteiger partial charge >= 0.3 is 0 Å². The van der Waals surface area contributed by atoms with Crippen LogP contribution in [-0.2, 0) is 0 Å². The molecule has 2 aromatic carbocycles. The molecule has 0 aliphatic carbocycles. The van der Waals surface area contributed by atoms with E-state index in [1.165, 1.54) is 0 Å². The predicted molar refractivity (Wildman–Crippen MR) is 69.4 cm³/mol. The van der Waals surface area contributed by atoms with Crippen molar-refractivity contribution < 1.29 is 4.74 Å². The molecule has 2 N–H and O–H groups in total. The van der Waals surface area contributed by atoms with Crippen LogP contribution in [0, 0.1) is 6.92 Å². The minimum atomic E-state index is 0. The van der Waals surface area contributed by atoms with Crippen molar-refractivity contribution in [3.8, 4) is 11.5 Å². The van der Waals surface area contributed by atoms with Crippen molar-refractivity contribution in [2.45, 2.75) is 6.92 Å². The molecular weight excluding hydrogens is 222 g/mol. The first-order valence-corrected chi connectivity index (χ1v) is 4.85. The third-order valence-electron chi connectivity index (χ3n) is 2.17. The molecular formula is C13H14ClNO. The average Bonchev–Trinajstić information content (AvgIpc) is 2.24. The van der Waals surface area contributed by atoms with Gasteiger partial charge in [-0.1, -0.05) is 18.2 Å². The quantitative estimate of drug-likeness (QED) is 0.804. The van der Waals surface area contributed by atoms with Gasteiger partial charge in [-0.05, 0) is 42.8 Å². The van der Waals surface area contributed by atoms with E-state index in [2.05, 4.69) is 0 Å². The van der Waals surface area contributed by atoms with Crippen molar-refractivity contribution in [2.24, 2.45) is 0 Å². The fourth-order valence-corrected chi connectivity index (χ4v) is 1.40. The molecule has 0 unspecified atom stereocenters. The number of anilines is 1. The number of rotatable bonds is 2. The molecule has 0 fully saturated rings. The average molecular weight is 236 g/mol. The van der Waals surface area contributed by atoms with Gasteiger partial charge in [0, 0.05) is 5.69 Å². The summed E-state index contributed by atoms with van der Waals surface area (Å²) in [5, 5.41) is 0. The predicted octanol–water partition coefficient (Wildman–Crippen LogP) is 3.79. The monoisotopic (exact) mass is 235 g/mol. The molecule has 2 rings (SSSR count). The van der Waals surface area contributed by atoms with Gasteiger partial charge < -0.3 is 10.5 Å². The lowest BCUT2D eigenvalue weighted by molar-refractivity contribution is 0.479. The zero-order valence-electron chi connectivity index (χ0n) is 9.01. The molecule has 0 amide bonds. The van der Waals surface area contributed by atoms with E-state index < -0.39 is 0 Å². The molecule has 0 aromatic heterocycles. The number of aryl methyl sites for hydroxylation is 1. The van der Waals surface area contributed by atoms with E-state index in [0.717, 1.165) is 22.7 Å². The summed E-state index contributed by atoms with van der Waals surface area (Å²) in [7, 11) is 0. The lowest BCUT2D eigenvalue weighted by Crippen LogP contribution is -1.90. The number of para-hydroxylation sites is 1. The van der Waals surface area contributed by atoms with E-state index >= 15 is 0 Å². The molecule has 0 radical (unpaired) electrons. The highest BCUT2D eigenvalue weighted by molar-refractivity contribution is 5.85. The zero-order chi connectivity index (χ0) is 10.7. The maximum Gasteiger partial charge on any atom is 0.130 e. The minimum Gasteiger partial charge on any atom is -0.457 e. The van der Waals surface area contributed by atoms with Gasteiger partial charge in [-0.15, -0.1) is 12.4 Å². The van der Waals surface area contributed by atoms with E-state index in [0.29, 0.717) is 0 Å². The molecule has 0 bridgehead atoms. The van der Waals surface area contributed by atoms with Crippen LogP contribution in [0.4, 0.5) is 5.69 Å². The molecule has 0 saturated heterocycles. The summed E-state index contributed by atoms with van der Waals surface area (Å²) in [5.74, 6) is 1.68. The van der Waals surface area contributed by atoms with Gasteiger partial charge in [-0.2, -0.15) is 0 Å². The van der Waals surface area contributed by atoms with Crippen molar-refractivity contribution in [2.75, 3.05) is 5.73 Å². The lowest BCUT2D eigenvalue weighted by Gasteiger charge is -2.08. The topological polar surface area (TPSA) is 35.2 Å². The highest BCUT2D eigenvalue weighted by Crippen LogP contribution is 2.25. The Morgan fingerprint density at radius 3 is 2.31 bits per heavy atom. The number of nitrogen functional groups attached to an aromatic ring is 1.